The van der Waals surface area contributed by atoms with Crippen molar-refractivity contribution in [3.05, 3.63) is 29.8 Å². The average Bonchev–Trinajstić information content (AvgIpc) is 2.84. The summed E-state index contributed by atoms with van der Waals surface area (Å²) in [6.07, 6.45) is 1.20. The summed E-state index contributed by atoms with van der Waals surface area (Å²) >= 11 is 0. The van der Waals surface area contributed by atoms with Gasteiger partial charge in [0.2, 0.25) is 0 Å². The fraction of sp³-hybridized carbons (Fsp3) is 0.600. The van der Waals surface area contributed by atoms with Crippen molar-refractivity contribution in [2.45, 2.75) is 32.9 Å². The highest BCUT2D eigenvalue weighted by Crippen LogP contribution is 2.18. The maximum Gasteiger partial charge on any atom is 0.0507 e. The van der Waals surface area contributed by atoms with E-state index < -0.39 is 0 Å². The zero-order valence-corrected chi connectivity index (χ0v) is 11.4. The minimum Gasteiger partial charge on any atom is -0.399 e. The van der Waals surface area contributed by atoms with Gasteiger partial charge in [-0.25, -0.2) is 0 Å². The van der Waals surface area contributed by atoms with E-state index in [9.17, 15) is 0 Å². The highest BCUT2D eigenvalue weighted by molar-refractivity contribution is 5.39. The largest absolute Gasteiger partial charge is 0.399 e. The molecule has 2 N–H and O–H groups in total. The van der Waals surface area contributed by atoms with Crippen LogP contribution in [0.1, 0.15) is 25.8 Å². The Balaban J connectivity index is 1.94. The summed E-state index contributed by atoms with van der Waals surface area (Å²) in [5.74, 6) is 0.696. The lowest BCUT2D eigenvalue weighted by atomic mass is 10.1. The second-order valence-corrected chi connectivity index (χ2v) is 5.49. The SMILES string of the molecule is CC(C)N(Cc1ccc(N)cc1)CC1CCOC1. The number of benzene rings is 1. The van der Waals surface area contributed by atoms with Gasteiger partial charge in [-0.05, 0) is 43.9 Å². The average molecular weight is 248 g/mol. The normalized spacial score (nSPS) is 19.9. The predicted molar refractivity (Wildman–Crippen MR) is 75.3 cm³/mol. The molecule has 1 aliphatic heterocycles. The molecule has 0 bridgehead atoms. The minimum atomic E-state index is 0.558. The fourth-order valence-electron chi connectivity index (χ4n) is 2.37. The fourth-order valence-corrected chi connectivity index (χ4v) is 2.37. The Morgan fingerprint density at radius 2 is 2.06 bits per heavy atom. The van der Waals surface area contributed by atoms with Crippen LogP contribution in [0.5, 0.6) is 0 Å². The first-order chi connectivity index (χ1) is 8.65. The van der Waals surface area contributed by atoms with Gasteiger partial charge in [-0.3, -0.25) is 4.90 Å². The van der Waals surface area contributed by atoms with Crippen molar-refractivity contribution >= 4 is 5.69 Å². The molecule has 0 aliphatic carbocycles. The van der Waals surface area contributed by atoms with Gasteiger partial charge >= 0.3 is 0 Å². The van der Waals surface area contributed by atoms with E-state index >= 15 is 0 Å². The first-order valence-corrected chi connectivity index (χ1v) is 6.81. The van der Waals surface area contributed by atoms with E-state index in [-0.39, 0.29) is 0 Å². The Bertz CT molecular complexity index is 355. The zero-order valence-electron chi connectivity index (χ0n) is 11.4. The minimum absolute atomic E-state index is 0.558. The Labute approximate surface area is 110 Å². The molecule has 1 unspecified atom stereocenters. The first-order valence-electron chi connectivity index (χ1n) is 6.81. The predicted octanol–water partition coefficient (Wildman–Crippen LogP) is 2.52. The van der Waals surface area contributed by atoms with E-state index in [2.05, 4.69) is 30.9 Å². The molecular weight excluding hydrogens is 224 g/mol. The van der Waals surface area contributed by atoms with Gasteiger partial charge in [-0.1, -0.05) is 12.1 Å². The number of hydrogen-bond donors (Lipinski definition) is 1. The van der Waals surface area contributed by atoms with Crippen molar-refractivity contribution in [1.29, 1.82) is 0 Å². The number of ether oxygens (including phenoxy) is 1. The second-order valence-electron chi connectivity index (χ2n) is 5.49. The van der Waals surface area contributed by atoms with Crippen LogP contribution in [-0.2, 0) is 11.3 Å². The topological polar surface area (TPSA) is 38.5 Å². The molecule has 0 aromatic heterocycles. The van der Waals surface area contributed by atoms with Gasteiger partial charge in [-0.2, -0.15) is 0 Å². The monoisotopic (exact) mass is 248 g/mol. The molecule has 1 aromatic rings. The van der Waals surface area contributed by atoms with Crippen LogP contribution in [-0.4, -0.2) is 30.7 Å². The van der Waals surface area contributed by atoms with Crippen LogP contribution in [0.4, 0.5) is 5.69 Å². The van der Waals surface area contributed by atoms with Crippen LogP contribution in [0.15, 0.2) is 24.3 Å². The van der Waals surface area contributed by atoms with Crippen LogP contribution in [0, 0.1) is 5.92 Å². The van der Waals surface area contributed by atoms with Crippen molar-refractivity contribution in [2.24, 2.45) is 5.92 Å². The summed E-state index contributed by atoms with van der Waals surface area (Å²) < 4.78 is 5.46. The van der Waals surface area contributed by atoms with Crippen LogP contribution < -0.4 is 5.73 Å². The summed E-state index contributed by atoms with van der Waals surface area (Å²) in [4.78, 5) is 2.52. The van der Waals surface area contributed by atoms with Crippen molar-refractivity contribution in [3.8, 4) is 0 Å². The van der Waals surface area contributed by atoms with Gasteiger partial charge in [0.15, 0.2) is 0 Å². The number of nitrogens with zero attached hydrogens (tertiary/aromatic N) is 1. The van der Waals surface area contributed by atoms with Crippen molar-refractivity contribution < 1.29 is 4.74 Å². The molecule has 0 radical (unpaired) electrons. The maximum absolute atomic E-state index is 5.72. The summed E-state index contributed by atoms with van der Waals surface area (Å²) in [6, 6.07) is 8.76. The summed E-state index contributed by atoms with van der Waals surface area (Å²) in [6.45, 7) is 8.49. The Kier molecular flexibility index (Phi) is 4.61. The molecule has 1 aliphatic rings. The van der Waals surface area contributed by atoms with E-state index in [1.165, 1.54) is 12.0 Å². The lowest BCUT2D eigenvalue weighted by Crippen LogP contribution is -2.35. The zero-order chi connectivity index (χ0) is 13.0. The molecule has 1 fully saturated rings. The van der Waals surface area contributed by atoms with Gasteiger partial charge in [-0.15, -0.1) is 0 Å². The van der Waals surface area contributed by atoms with Gasteiger partial charge in [0, 0.05) is 31.4 Å². The Morgan fingerprint density at radius 3 is 2.61 bits per heavy atom. The standard InChI is InChI=1S/C15H24N2O/c1-12(2)17(10-14-7-8-18-11-14)9-13-3-5-15(16)6-4-13/h3-6,12,14H,7-11,16H2,1-2H3. The van der Waals surface area contributed by atoms with E-state index in [0.29, 0.717) is 12.0 Å². The van der Waals surface area contributed by atoms with Crippen molar-refractivity contribution in [2.75, 3.05) is 25.5 Å². The highest BCUT2D eigenvalue weighted by atomic mass is 16.5. The van der Waals surface area contributed by atoms with Gasteiger partial charge in [0.1, 0.15) is 0 Å². The molecule has 3 heteroatoms. The van der Waals surface area contributed by atoms with Gasteiger partial charge in [0.05, 0.1) is 6.61 Å². The number of rotatable bonds is 5. The molecule has 0 spiro atoms. The Hall–Kier alpha value is -1.06. The van der Waals surface area contributed by atoms with Crippen LogP contribution in [0.3, 0.4) is 0 Å². The van der Waals surface area contributed by atoms with Crippen LogP contribution in [0.25, 0.3) is 0 Å². The summed E-state index contributed by atoms with van der Waals surface area (Å²) in [5.41, 5.74) is 7.88. The van der Waals surface area contributed by atoms with Crippen LogP contribution in [0.2, 0.25) is 0 Å². The molecule has 1 heterocycles. The van der Waals surface area contributed by atoms with Crippen molar-refractivity contribution in [3.63, 3.8) is 0 Å². The molecule has 1 saturated heterocycles. The third-order valence-electron chi connectivity index (χ3n) is 3.61. The molecule has 0 amide bonds. The van der Waals surface area contributed by atoms with Gasteiger partial charge < -0.3 is 10.5 Å². The highest BCUT2D eigenvalue weighted by Gasteiger charge is 2.20. The molecule has 3 nitrogen and oxygen atoms in total. The molecular formula is C15H24N2O. The molecule has 1 atom stereocenters. The summed E-state index contributed by atoms with van der Waals surface area (Å²) in [5, 5.41) is 0. The third-order valence-corrected chi connectivity index (χ3v) is 3.61. The molecule has 100 valence electrons. The Morgan fingerprint density at radius 1 is 1.33 bits per heavy atom. The molecule has 18 heavy (non-hydrogen) atoms. The van der Waals surface area contributed by atoms with Crippen LogP contribution >= 0.6 is 0 Å². The number of nitrogen functional groups attached to an aromatic ring is 1. The smallest absolute Gasteiger partial charge is 0.0507 e. The lowest BCUT2D eigenvalue weighted by molar-refractivity contribution is 0.148. The first kappa shape index (κ1) is 13.4. The third kappa shape index (κ3) is 3.72. The molecule has 2 rings (SSSR count). The lowest BCUT2D eigenvalue weighted by Gasteiger charge is -2.28. The molecule has 0 saturated carbocycles. The second kappa shape index (κ2) is 6.21. The number of hydrogen-bond acceptors (Lipinski definition) is 3. The van der Waals surface area contributed by atoms with Gasteiger partial charge in [0.25, 0.3) is 0 Å². The van der Waals surface area contributed by atoms with E-state index in [0.717, 1.165) is 32.0 Å². The number of nitrogens with two attached hydrogens (primary N) is 1. The van der Waals surface area contributed by atoms with E-state index in [4.69, 9.17) is 10.5 Å². The van der Waals surface area contributed by atoms with E-state index in [1.807, 2.05) is 12.1 Å². The summed E-state index contributed by atoms with van der Waals surface area (Å²) in [7, 11) is 0. The number of anilines is 1. The van der Waals surface area contributed by atoms with E-state index in [1.54, 1.807) is 0 Å². The molecule has 1 aromatic carbocycles. The quantitative estimate of drug-likeness (QED) is 0.814. The van der Waals surface area contributed by atoms with Crippen molar-refractivity contribution in [1.82, 2.24) is 4.90 Å². The maximum atomic E-state index is 5.72.